The Morgan fingerprint density at radius 3 is 2.78 bits per heavy atom. The Hall–Kier alpha value is -1.55. The van der Waals surface area contributed by atoms with Crippen molar-refractivity contribution in [3.63, 3.8) is 0 Å². The van der Waals surface area contributed by atoms with Crippen molar-refractivity contribution >= 4 is 17.3 Å². The third-order valence-electron chi connectivity index (χ3n) is 3.30. The Bertz CT molecular complexity index is 445. The number of aryl methyl sites for hydroxylation is 1. The minimum absolute atomic E-state index is 0.0313. The van der Waals surface area contributed by atoms with Crippen LogP contribution in [0.2, 0.25) is 0 Å². The largest absolute Gasteiger partial charge is 0.381 e. The zero-order valence-electron chi connectivity index (χ0n) is 11.3. The van der Waals surface area contributed by atoms with Gasteiger partial charge in [-0.25, -0.2) is 0 Å². The number of likely N-dealkylation sites (N-methyl/N-ethyl adjacent to an activating group) is 1. The van der Waals surface area contributed by atoms with Gasteiger partial charge in [0.15, 0.2) is 0 Å². The lowest BCUT2D eigenvalue weighted by Gasteiger charge is -2.16. The molecular weight excluding hydrogens is 226 g/mol. The van der Waals surface area contributed by atoms with Crippen LogP contribution in [-0.2, 0) is 4.79 Å². The van der Waals surface area contributed by atoms with Crippen LogP contribution in [0.1, 0.15) is 18.9 Å². The number of nitrogens with zero attached hydrogens (tertiary/aromatic N) is 1. The van der Waals surface area contributed by atoms with Crippen LogP contribution in [0.25, 0.3) is 0 Å². The number of carbonyl (C=O) groups is 1. The summed E-state index contributed by atoms with van der Waals surface area (Å²) in [4.78, 5) is 13.4. The van der Waals surface area contributed by atoms with E-state index < -0.39 is 0 Å². The second-order valence-electron chi connectivity index (χ2n) is 5.10. The number of carbonyl (C=O) groups excluding carboxylic acids is 1. The van der Waals surface area contributed by atoms with Crippen LogP contribution >= 0.6 is 0 Å². The normalized spacial score (nSPS) is 19.8. The molecule has 0 radical (unpaired) electrons. The van der Waals surface area contributed by atoms with E-state index in [4.69, 9.17) is 0 Å². The summed E-state index contributed by atoms with van der Waals surface area (Å²) in [5.74, 6) is -0.0313. The van der Waals surface area contributed by atoms with Crippen LogP contribution < -0.4 is 10.6 Å². The Morgan fingerprint density at radius 1 is 1.44 bits per heavy atom. The zero-order valence-corrected chi connectivity index (χ0v) is 11.3. The predicted molar refractivity (Wildman–Crippen MR) is 75.0 cm³/mol. The van der Waals surface area contributed by atoms with Crippen molar-refractivity contribution in [1.29, 1.82) is 0 Å². The van der Waals surface area contributed by atoms with Crippen molar-refractivity contribution in [3.05, 3.63) is 23.8 Å². The van der Waals surface area contributed by atoms with Gasteiger partial charge in [-0.3, -0.25) is 4.79 Å². The number of rotatable bonds is 3. The van der Waals surface area contributed by atoms with Crippen LogP contribution in [0.4, 0.5) is 11.4 Å². The van der Waals surface area contributed by atoms with E-state index in [1.165, 1.54) is 13.3 Å². The van der Waals surface area contributed by atoms with Crippen molar-refractivity contribution < 1.29 is 4.79 Å². The van der Waals surface area contributed by atoms with Gasteiger partial charge >= 0.3 is 0 Å². The van der Waals surface area contributed by atoms with E-state index in [-0.39, 0.29) is 5.91 Å². The first-order valence-electron chi connectivity index (χ1n) is 6.38. The monoisotopic (exact) mass is 247 g/mol. The Labute approximate surface area is 108 Å². The van der Waals surface area contributed by atoms with Gasteiger partial charge in [-0.05, 0) is 50.7 Å². The van der Waals surface area contributed by atoms with Gasteiger partial charge in [0.2, 0.25) is 5.91 Å². The van der Waals surface area contributed by atoms with Crippen LogP contribution in [0.15, 0.2) is 18.2 Å². The summed E-state index contributed by atoms with van der Waals surface area (Å²) in [5.41, 5.74) is 3.10. The molecule has 4 nitrogen and oxygen atoms in total. The predicted octanol–water partition coefficient (Wildman–Crippen LogP) is 2.07. The molecular formula is C14H21N3O. The van der Waals surface area contributed by atoms with Gasteiger partial charge in [-0.15, -0.1) is 0 Å². The molecule has 1 saturated heterocycles. The van der Waals surface area contributed by atoms with Crippen molar-refractivity contribution in [2.24, 2.45) is 0 Å². The fourth-order valence-electron chi connectivity index (χ4n) is 2.37. The molecule has 2 N–H and O–H groups in total. The maximum atomic E-state index is 11.0. The first-order valence-corrected chi connectivity index (χ1v) is 6.38. The Morgan fingerprint density at radius 2 is 2.22 bits per heavy atom. The van der Waals surface area contributed by atoms with Crippen LogP contribution in [0.5, 0.6) is 0 Å². The summed E-state index contributed by atoms with van der Waals surface area (Å²) >= 11 is 0. The van der Waals surface area contributed by atoms with Crippen molar-refractivity contribution in [2.75, 3.05) is 30.8 Å². The SMILES string of the molecule is CC(=O)Nc1ccc(NC2CCN(C)C2)cc1C. The molecule has 1 aliphatic heterocycles. The first kappa shape index (κ1) is 12.9. The molecule has 98 valence electrons. The third kappa shape index (κ3) is 3.23. The maximum Gasteiger partial charge on any atom is 0.221 e. The number of hydrogen-bond donors (Lipinski definition) is 2. The molecule has 1 aromatic rings. The summed E-state index contributed by atoms with van der Waals surface area (Å²) in [6, 6.07) is 6.60. The highest BCUT2D eigenvalue weighted by atomic mass is 16.1. The third-order valence-corrected chi connectivity index (χ3v) is 3.30. The first-order chi connectivity index (χ1) is 8.54. The molecule has 18 heavy (non-hydrogen) atoms. The number of nitrogens with one attached hydrogen (secondary N) is 2. The second-order valence-corrected chi connectivity index (χ2v) is 5.10. The number of benzene rings is 1. The van der Waals surface area contributed by atoms with Gasteiger partial charge in [-0.1, -0.05) is 0 Å². The van der Waals surface area contributed by atoms with Crippen molar-refractivity contribution in [3.8, 4) is 0 Å². The minimum atomic E-state index is -0.0313. The highest BCUT2D eigenvalue weighted by Crippen LogP contribution is 2.21. The molecule has 1 atom stereocenters. The molecule has 1 amide bonds. The molecule has 2 rings (SSSR count). The van der Waals surface area contributed by atoms with E-state index in [1.807, 2.05) is 19.1 Å². The van der Waals surface area contributed by atoms with E-state index in [1.54, 1.807) is 0 Å². The van der Waals surface area contributed by atoms with E-state index in [9.17, 15) is 4.79 Å². The number of amides is 1. The standard InChI is InChI=1S/C14H21N3O/c1-10-8-12(4-5-14(10)15-11(2)18)16-13-6-7-17(3)9-13/h4-5,8,13,16H,6-7,9H2,1-3H3,(H,15,18). The summed E-state index contributed by atoms with van der Waals surface area (Å²) in [5, 5.41) is 6.36. The quantitative estimate of drug-likeness (QED) is 0.859. The molecule has 0 spiro atoms. The van der Waals surface area contributed by atoms with Gasteiger partial charge in [-0.2, -0.15) is 0 Å². The summed E-state index contributed by atoms with van der Waals surface area (Å²) in [6.45, 7) is 5.78. The van der Waals surface area contributed by atoms with E-state index in [0.29, 0.717) is 6.04 Å². The van der Waals surface area contributed by atoms with E-state index in [2.05, 4.69) is 28.6 Å². The number of hydrogen-bond acceptors (Lipinski definition) is 3. The average molecular weight is 247 g/mol. The smallest absolute Gasteiger partial charge is 0.221 e. The number of likely N-dealkylation sites (tertiary alicyclic amines) is 1. The summed E-state index contributed by atoms with van der Waals surface area (Å²) < 4.78 is 0. The lowest BCUT2D eigenvalue weighted by atomic mass is 10.1. The van der Waals surface area contributed by atoms with Gasteiger partial charge in [0.05, 0.1) is 0 Å². The Kier molecular flexibility index (Phi) is 3.87. The van der Waals surface area contributed by atoms with Crippen molar-refractivity contribution in [2.45, 2.75) is 26.3 Å². The number of anilines is 2. The van der Waals surface area contributed by atoms with Gasteiger partial charge in [0.25, 0.3) is 0 Å². The highest BCUT2D eigenvalue weighted by molar-refractivity contribution is 5.89. The molecule has 0 bridgehead atoms. The van der Waals surface area contributed by atoms with Gasteiger partial charge in [0, 0.05) is 30.9 Å². The minimum Gasteiger partial charge on any atom is -0.381 e. The van der Waals surface area contributed by atoms with Crippen molar-refractivity contribution in [1.82, 2.24) is 4.90 Å². The molecule has 4 heteroatoms. The lowest BCUT2D eigenvalue weighted by molar-refractivity contribution is -0.114. The van der Waals surface area contributed by atoms with Gasteiger partial charge in [0.1, 0.15) is 0 Å². The molecule has 1 aliphatic rings. The molecule has 1 heterocycles. The maximum absolute atomic E-state index is 11.0. The van der Waals surface area contributed by atoms with Crippen LogP contribution in [-0.4, -0.2) is 37.0 Å². The summed E-state index contributed by atoms with van der Waals surface area (Å²) in [6.07, 6.45) is 1.18. The highest BCUT2D eigenvalue weighted by Gasteiger charge is 2.18. The molecule has 0 aromatic heterocycles. The fraction of sp³-hybridized carbons (Fsp3) is 0.500. The molecule has 1 fully saturated rings. The zero-order chi connectivity index (χ0) is 13.1. The van der Waals surface area contributed by atoms with E-state index in [0.717, 1.165) is 30.0 Å². The van der Waals surface area contributed by atoms with Crippen LogP contribution in [0.3, 0.4) is 0 Å². The van der Waals surface area contributed by atoms with E-state index >= 15 is 0 Å². The molecule has 0 aliphatic carbocycles. The topological polar surface area (TPSA) is 44.4 Å². The Balaban J connectivity index is 2.02. The summed E-state index contributed by atoms with van der Waals surface area (Å²) in [7, 11) is 2.15. The fourth-order valence-corrected chi connectivity index (χ4v) is 2.37. The average Bonchev–Trinajstić information content (AvgIpc) is 2.68. The lowest BCUT2D eigenvalue weighted by Crippen LogP contribution is -2.23. The van der Waals surface area contributed by atoms with Gasteiger partial charge < -0.3 is 15.5 Å². The molecule has 1 aromatic carbocycles. The molecule has 1 unspecified atom stereocenters. The molecule has 0 saturated carbocycles. The van der Waals surface area contributed by atoms with Crippen LogP contribution in [0, 0.1) is 6.92 Å². The second kappa shape index (κ2) is 5.40.